The van der Waals surface area contributed by atoms with Crippen LogP contribution >= 0.6 is 0 Å². The Kier molecular flexibility index (Phi) is 5.51. The van der Waals surface area contributed by atoms with E-state index in [1.807, 2.05) is 16.8 Å². The topological polar surface area (TPSA) is 51.5 Å². The molecule has 1 aliphatic rings. The van der Waals surface area contributed by atoms with Crippen molar-refractivity contribution in [2.45, 2.75) is 18.9 Å². The van der Waals surface area contributed by atoms with Gasteiger partial charge in [0, 0.05) is 31.4 Å². The summed E-state index contributed by atoms with van der Waals surface area (Å²) in [6.45, 7) is 1.24. The Bertz CT molecular complexity index is 803. The molecule has 1 amide bonds. The molecule has 26 heavy (non-hydrogen) atoms. The van der Waals surface area contributed by atoms with Gasteiger partial charge in [0.05, 0.1) is 7.11 Å². The number of nitrogens with zero attached hydrogens (tertiary/aromatic N) is 2. The molecule has 6 heteroatoms. The number of ether oxygens (including phenoxy) is 1. The van der Waals surface area contributed by atoms with Gasteiger partial charge in [-0.15, -0.1) is 0 Å². The van der Waals surface area contributed by atoms with Crippen molar-refractivity contribution in [1.29, 1.82) is 0 Å². The molecule has 0 radical (unpaired) electrons. The number of hydrogen-bond donors (Lipinski definition) is 0. The second kappa shape index (κ2) is 7.99. The van der Waals surface area contributed by atoms with Gasteiger partial charge in [0.2, 0.25) is 5.91 Å². The zero-order valence-electron chi connectivity index (χ0n) is 14.6. The molecule has 1 aromatic carbocycles. The molecular formula is C20H21FN2O3. The SMILES string of the molecule is COC(=O)c1cccn1C1CCN(C(=O)/C=C/c2ccc(F)cc2)CC1. The first-order valence-corrected chi connectivity index (χ1v) is 8.56. The molecule has 2 heterocycles. The first-order chi connectivity index (χ1) is 12.6. The molecule has 5 nitrogen and oxygen atoms in total. The van der Waals surface area contributed by atoms with Crippen LogP contribution in [-0.4, -0.2) is 41.5 Å². The minimum Gasteiger partial charge on any atom is -0.464 e. The maximum absolute atomic E-state index is 12.9. The summed E-state index contributed by atoms with van der Waals surface area (Å²) in [5.74, 6) is -0.712. The number of rotatable bonds is 4. The number of hydrogen-bond acceptors (Lipinski definition) is 3. The summed E-state index contributed by atoms with van der Waals surface area (Å²) in [5, 5.41) is 0. The summed E-state index contributed by atoms with van der Waals surface area (Å²) >= 11 is 0. The van der Waals surface area contributed by atoms with Crippen molar-refractivity contribution >= 4 is 18.0 Å². The summed E-state index contributed by atoms with van der Waals surface area (Å²) in [7, 11) is 1.37. The molecule has 0 bridgehead atoms. The molecule has 0 N–H and O–H groups in total. The molecule has 0 saturated carbocycles. The van der Waals surface area contributed by atoms with Crippen LogP contribution < -0.4 is 0 Å². The fourth-order valence-corrected chi connectivity index (χ4v) is 3.20. The van der Waals surface area contributed by atoms with Crippen LogP contribution in [0.3, 0.4) is 0 Å². The van der Waals surface area contributed by atoms with Gasteiger partial charge in [0.15, 0.2) is 0 Å². The van der Waals surface area contributed by atoms with E-state index < -0.39 is 0 Å². The van der Waals surface area contributed by atoms with Gasteiger partial charge in [-0.1, -0.05) is 12.1 Å². The smallest absolute Gasteiger partial charge is 0.354 e. The van der Waals surface area contributed by atoms with Gasteiger partial charge in [-0.2, -0.15) is 0 Å². The number of methoxy groups -OCH3 is 1. The van der Waals surface area contributed by atoms with Gasteiger partial charge in [0.1, 0.15) is 11.5 Å². The van der Waals surface area contributed by atoms with Crippen LogP contribution in [0.15, 0.2) is 48.7 Å². The van der Waals surface area contributed by atoms with E-state index in [9.17, 15) is 14.0 Å². The molecule has 1 fully saturated rings. The molecular weight excluding hydrogens is 335 g/mol. The van der Waals surface area contributed by atoms with Gasteiger partial charge in [-0.3, -0.25) is 4.79 Å². The van der Waals surface area contributed by atoms with Crippen LogP contribution in [0.25, 0.3) is 6.08 Å². The number of carbonyl (C=O) groups is 2. The lowest BCUT2D eigenvalue weighted by molar-refractivity contribution is -0.127. The minimum absolute atomic E-state index is 0.0616. The summed E-state index contributed by atoms with van der Waals surface area (Å²) in [4.78, 5) is 25.9. The van der Waals surface area contributed by atoms with Crippen molar-refractivity contribution in [3.8, 4) is 0 Å². The van der Waals surface area contributed by atoms with Gasteiger partial charge in [-0.25, -0.2) is 9.18 Å². The van der Waals surface area contributed by atoms with Crippen molar-refractivity contribution in [2.75, 3.05) is 20.2 Å². The highest BCUT2D eigenvalue weighted by Gasteiger charge is 2.25. The maximum atomic E-state index is 12.9. The predicted octanol–water partition coefficient (Wildman–Crippen LogP) is 3.29. The predicted molar refractivity (Wildman–Crippen MR) is 96.1 cm³/mol. The normalized spacial score (nSPS) is 15.4. The fourth-order valence-electron chi connectivity index (χ4n) is 3.20. The van der Waals surface area contributed by atoms with E-state index in [0.29, 0.717) is 18.8 Å². The van der Waals surface area contributed by atoms with Crippen LogP contribution in [0.4, 0.5) is 4.39 Å². The van der Waals surface area contributed by atoms with Crippen molar-refractivity contribution in [3.63, 3.8) is 0 Å². The third-order valence-corrected chi connectivity index (χ3v) is 4.63. The Morgan fingerprint density at radius 2 is 1.85 bits per heavy atom. The summed E-state index contributed by atoms with van der Waals surface area (Å²) in [6.07, 6.45) is 6.63. The average molecular weight is 356 g/mol. The van der Waals surface area contributed by atoms with Crippen molar-refractivity contribution < 1.29 is 18.7 Å². The Morgan fingerprint density at radius 3 is 2.50 bits per heavy atom. The Labute approximate surface area is 151 Å². The highest BCUT2D eigenvalue weighted by Crippen LogP contribution is 2.25. The number of carbonyl (C=O) groups excluding carboxylic acids is 2. The second-order valence-corrected chi connectivity index (χ2v) is 6.23. The third-order valence-electron chi connectivity index (χ3n) is 4.63. The molecule has 136 valence electrons. The highest BCUT2D eigenvalue weighted by molar-refractivity contribution is 5.91. The molecule has 1 aromatic heterocycles. The largest absolute Gasteiger partial charge is 0.464 e. The molecule has 3 rings (SSSR count). The lowest BCUT2D eigenvalue weighted by Crippen LogP contribution is -2.38. The first kappa shape index (κ1) is 17.9. The zero-order valence-corrected chi connectivity index (χ0v) is 14.6. The van der Waals surface area contributed by atoms with Gasteiger partial charge in [0.25, 0.3) is 0 Å². The van der Waals surface area contributed by atoms with Gasteiger partial charge >= 0.3 is 5.97 Å². The van der Waals surface area contributed by atoms with Crippen molar-refractivity contribution in [2.24, 2.45) is 0 Å². The Balaban J connectivity index is 1.58. The molecule has 0 aliphatic carbocycles. The Hall–Kier alpha value is -2.89. The maximum Gasteiger partial charge on any atom is 0.354 e. The number of esters is 1. The van der Waals surface area contributed by atoms with E-state index in [2.05, 4.69) is 0 Å². The number of benzene rings is 1. The van der Waals surface area contributed by atoms with Gasteiger partial charge in [-0.05, 0) is 48.7 Å². The number of amides is 1. The van der Waals surface area contributed by atoms with Crippen molar-refractivity contribution in [1.82, 2.24) is 9.47 Å². The monoisotopic (exact) mass is 356 g/mol. The molecule has 0 spiro atoms. The fraction of sp³-hybridized carbons (Fsp3) is 0.300. The van der Waals surface area contributed by atoms with E-state index in [1.165, 1.54) is 25.3 Å². The van der Waals surface area contributed by atoms with Crippen molar-refractivity contribution in [3.05, 3.63) is 65.7 Å². The standard InChI is InChI=1S/C20H21FN2O3/c1-26-20(25)18-3-2-12-23(18)17-10-13-22(14-11-17)19(24)9-6-15-4-7-16(21)8-5-15/h2-9,12,17H,10-11,13-14H2,1H3/b9-6+. The van der Waals surface area contributed by atoms with Crippen LogP contribution in [0.5, 0.6) is 0 Å². The van der Waals surface area contributed by atoms with Crippen LogP contribution in [0, 0.1) is 5.82 Å². The quantitative estimate of drug-likeness (QED) is 0.624. The highest BCUT2D eigenvalue weighted by atomic mass is 19.1. The molecule has 1 aliphatic heterocycles. The van der Waals surface area contributed by atoms with Crippen LogP contribution in [0.1, 0.15) is 34.9 Å². The van der Waals surface area contributed by atoms with Crippen LogP contribution in [0.2, 0.25) is 0 Å². The number of halogens is 1. The van der Waals surface area contributed by atoms with E-state index in [0.717, 1.165) is 18.4 Å². The first-order valence-electron chi connectivity index (χ1n) is 8.56. The second-order valence-electron chi connectivity index (χ2n) is 6.23. The van der Waals surface area contributed by atoms with E-state index >= 15 is 0 Å². The van der Waals surface area contributed by atoms with E-state index in [1.54, 1.807) is 29.2 Å². The molecule has 0 unspecified atom stereocenters. The molecule has 1 saturated heterocycles. The minimum atomic E-state index is -0.351. The number of aromatic nitrogens is 1. The third kappa shape index (κ3) is 4.02. The summed E-state index contributed by atoms with van der Waals surface area (Å²) in [6, 6.07) is 9.74. The number of piperidine rings is 1. The summed E-state index contributed by atoms with van der Waals surface area (Å²) in [5.41, 5.74) is 1.32. The van der Waals surface area contributed by atoms with E-state index in [-0.39, 0.29) is 23.7 Å². The zero-order chi connectivity index (χ0) is 18.5. The van der Waals surface area contributed by atoms with Crippen LogP contribution in [-0.2, 0) is 9.53 Å². The number of likely N-dealkylation sites (tertiary alicyclic amines) is 1. The lowest BCUT2D eigenvalue weighted by Gasteiger charge is -2.32. The van der Waals surface area contributed by atoms with Gasteiger partial charge < -0.3 is 14.2 Å². The molecule has 0 atom stereocenters. The summed E-state index contributed by atoms with van der Waals surface area (Å²) < 4.78 is 19.6. The molecule has 2 aromatic rings. The lowest BCUT2D eigenvalue weighted by atomic mass is 10.0. The Morgan fingerprint density at radius 1 is 1.15 bits per heavy atom. The average Bonchev–Trinajstić information content (AvgIpc) is 3.16. The van der Waals surface area contributed by atoms with E-state index in [4.69, 9.17) is 4.74 Å².